The lowest BCUT2D eigenvalue weighted by molar-refractivity contribution is -0.128. The molecule has 1 aliphatic heterocycles. The quantitative estimate of drug-likeness (QED) is 0.706. The van der Waals surface area contributed by atoms with Crippen LogP contribution in [0.5, 0.6) is 0 Å². The smallest absolute Gasteiger partial charge is 0.246 e. The summed E-state index contributed by atoms with van der Waals surface area (Å²) in [7, 11) is 0. The molecule has 0 radical (unpaired) electrons. The first kappa shape index (κ1) is 13.8. The molecule has 0 N–H and O–H groups in total. The van der Waals surface area contributed by atoms with Crippen molar-refractivity contribution in [2.24, 2.45) is 17.8 Å². The highest BCUT2D eigenvalue weighted by Crippen LogP contribution is 2.49. The van der Waals surface area contributed by atoms with E-state index < -0.39 is 0 Å². The van der Waals surface area contributed by atoms with Crippen molar-refractivity contribution in [2.45, 2.75) is 76.7 Å². The van der Waals surface area contributed by atoms with Crippen LogP contribution >= 0.6 is 0 Å². The van der Waals surface area contributed by atoms with Crippen LogP contribution in [0.3, 0.4) is 0 Å². The second-order valence-corrected chi connectivity index (χ2v) is 7.83. The fourth-order valence-corrected chi connectivity index (χ4v) is 4.70. The molecule has 1 amide bonds. The Morgan fingerprint density at radius 1 is 0.810 bits per heavy atom. The Hall–Kier alpha value is -0.790. The SMILES string of the molecule is O=C(C=C(C1CC1)C1CC1)N1CCCC1C1CCCCC1. The standard InChI is InChI=1S/C19H29NO/c21-19(13-17(14-8-9-14)15-10-11-15)20-12-4-7-18(20)16-5-2-1-3-6-16/h13-16,18H,1-12H2. The molecule has 0 spiro atoms. The van der Waals surface area contributed by atoms with Crippen LogP contribution < -0.4 is 0 Å². The molecule has 2 heteroatoms. The summed E-state index contributed by atoms with van der Waals surface area (Å²) in [6.07, 6.45) is 16.8. The molecular formula is C19H29NO. The molecule has 116 valence electrons. The molecule has 3 aliphatic carbocycles. The predicted molar refractivity (Wildman–Crippen MR) is 84.8 cm³/mol. The maximum absolute atomic E-state index is 12.8. The largest absolute Gasteiger partial charge is 0.336 e. The van der Waals surface area contributed by atoms with Crippen molar-refractivity contribution in [1.82, 2.24) is 4.90 Å². The van der Waals surface area contributed by atoms with Crippen molar-refractivity contribution in [1.29, 1.82) is 0 Å². The number of rotatable bonds is 4. The van der Waals surface area contributed by atoms with Crippen LogP contribution in [0.4, 0.5) is 0 Å². The molecule has 1 heterocycles. The van der Waals surface area contributed by atoms with E-state index in [2.05, 4.69) is 11.0 Å². The highest BCUT2D eigenvalue weighted by atomic mass is 16.2. The van der Waals surface area contributed by atoms with Crippen LogP contribution in [-0.2, 0) is 4.79 Å². The van der Waals surface area contributed by atoms with Crippen LogP contribution in [0.2, 0.25) is 0 Å². The summed E-state index contributed by atoms with van der Waals surface area (Å²) in [5.41, 5.74) is 1.52. The summed E-state index contributed by atoms with van der Waals surface area (Å²) in [6.45, 7) is 1.01. The predicted octanol–water partition coefficient (Wildman–Crippen LogP) is 4.30. The minimum Gasteiger partial charge on any atom is -0.336 e. The lowest BCUT2D eigenvalue weighted by atomic mass is 9.83. The monoisotopic (exact) mass is 287 g/mol. The number of allylic oxidation sites excluding steroid dienone is 1. The zero-order valence-corrected chi connectivity index (χ0v) is 13.2. The van der Waals surface area contributed by atoms with E-state index in [0.717, 1.165) is 24.3 Å². The van der Waals surface area contributed by atoms with Gasteiger partial charge in [0.1, 0.15) is 0 Å². The second kappa shape index (κ2) is 5.78. The molecule has 0 aromatic rings. The maximum Gasteiger partial charge on any atom is 0.246 e. The van der Waals surface area contributed by atoms with Gasteiger partial charge in [0.15, 0.2) is 0 Å². The summed E-state index contributed by atoms with van der Waals surface area (Å²) in [5.74, 6) is 2.70. The van der Waals surface area contributed by atoms with Gasteiger partial charge in [0.25, 0.3) is 0 Å². The van der Waals surface area contributed by atoms with Gasteiger partial charge in [0, 0.05) is 18.7 Å². The number of nitrogens with zero attached hydrogens (tertiary/aromatic N) is 1. The minimum atomic E-state index is 0.358. The van der Waals surface area contributed by atoms with Gasteiger partial charge in [-0.3, -0.25) is 4.79 Å². The first-order valence-corrected chi connectivity index (χ1v) is 9.35. The minimum absolute atomic E-state index is 0.358. The van der Waals surface area contributed by atoms with E-state index in [4.69, 9.17) is 0 Å². The lowest BCUT2D eigenvalue weighted by Crippen LogP contribution is -2.40. The van der Waals surface area contributed by atoms with Gasteiger partial charge in [0.05, 0.1) is 0 Å². The van der Waals surface area contributed by atoms with Crippen LogP contribution in [0.25, 0.3) is 0 Å². The van der Waals surface area contributed by atoms with Crippen molar-refractivity contribution in [3.8, 4) is 0 Å². The van der Waals surface area contributed by atoms with Gasteiger partial charge in [-0.15, -0.1) is 0 Å². The topological polar surface area (TPSA) is 20.3 Å². The Bertz CT molecular complexity index is 413. The summed E-state index contributed by atoms with van der Waals surface area (Å²) in [6, 6.07) is 0.564. The van der Waals surface area contributed by atoms with Gasteiger partial charge in [0.2, 0.25) is 5.91 Å². The Morgan fingerprint density at radius 2 is 1.48 bits per heavy atom. The highest BCUT2D eigenvalue weighted by molar-refractivity contribution is 5.89. The summed E-state index contributed by atoms with van der Waals surface area (Å²) in [4.78, 5) is 15.1. The number of carbonyl (C=O) groups is 1. The normalized spacial score (nSPS) is 30.5. The van der Waals surface area contributed by atoms with Gasteiger partial charge < -0.3 is 4.90 Å². The fourth-order valence-electron chi connectivity index (χ4n) is 4.70. The summed E-state index contributed by atoms with van der Waals surface area (Å²) < 4.78 is 0. The third-order valence-corrected chi connectivity index (χ3v) is 6.16. The van der Waals surface area contributed by atoms with Crippen molar-refractivity contribution >= 4 is 5.91 Å². The van der Waals surface area contributed by atoms with Crippen LogP contribution in [0.1, 0.15) is 70.6 Å². The van der Waals surface area contributed by atoms with Crippen molar-refractivity contribution in [2.75, 3.05) is 6.54 Å². The molecule has 0 bridgehead atoms. The number of hydrogen-bond donors (Lipinski definition) is 0. The summed E-state index contributed by atoms with van der Waals surface area (Å²) in [5, 5.41) is 0. The Morgan fingerprint density at radius 3 is 2.10 bits per heavy atom. The zero-order valence-electron chi connectivity index (χ0n) is 13.2. The highest BCUT2D eigenvalue weighted by Gasteiger charge is 2.39. The molecule has 3 saturated carbocycles. The first-order chi connectivity index (χ1) is 10.3. The number of amides is 1. The number of likely N-dealkylation sites (tertiary alicyclic amines) is 1. The Labute approximate surface area is 129 Å². The van der Waals surface area contributed by atoms with Gasteiger partial charge >= 0.3 is 0 Å². The molecule has 0 aromatic heterocycles. The average molecular weight is 287 g/mol. The third kappa shape index (κ3) is 3.05. The van der Waals surface area contributed by atoms with E-state index in [0.29, 0.717) is 11.9 Å². The van der Waals surface area contributed by atoms with E-state index in [-0.39, 0.29) is 0 Å². The van der Waals surface area contributed by atoms with Gasteiger partial charge in [-0.25, -0.2) is 0 Å². The molecule has 4 rings (SSSR count). The van der Waals surface area contributed by atoms with E-state index in [1.807, 2.05) is 0 Å². The molecule has 1 atom stereocenters. The van der Waals surface area contributed by atoms with E-state index in [1.165, 1.54) is 76.2 Å². The van der Waals surface area contributed by atoms with Gasteiger partial charge in [-0.2, -0.15) is 0 Å². The van der Waals surface area contributed by atoms with Gasteiger partial charge in [-0.05, 0) is 69.1 Å². The third-order valence-electron chi connectivity index (χ3n) is 6.16. The molecule has 1 unspecified atom stereocenters. The zero-order chi connectivity index (χ0) is 14.2. The molecule has 1 saturated heterocycles. The first-order valence-electron chi connectivity index (χ1n) is 9.35. The van der Waals surface area contributed by atoms with E-state index in [9.17, 15) is 4.79 Å². The lowest BCUT2D eigenvalue weighted by Gasteiger charge is -2.33. The second-order valence-electron chi connectivity index (χ2n) is 7.83. The van der Waals surface area contributed by atoms with Crippen LogP contribution in [0.15, 0.2) is 11.6 Å². The van der Waals surface area contributed by atoms with E-state index >= 15 is 0 Å². The Kier molecular flexibility index (Phi) is 3.81. The number of carbonyl (C=O) groups excluding carboxylic acids is 1. The van der Waals surface area contributed by atoms with E-state index in [1.54, 1.807) is 0 Å². The fraction of sp³-hybridized carbons (Fsp3) is 0.842. The molecular weight excluding hydrogens is 258 g/mol. The van der Waals surface area contributed by atoms with Crippen LogP contribution in [0, 0.1) is 17.8 Å². The number of hydrogen-bond acceptors (Lipinski definition) is 1. The van der Waals surface area contributed by atoms with Crippen LogP contribution in [-0.4, -0.2) is 23.4 Å². The molecule has 4 fully saturated rings. The van der Waals surface area contributed by atoms with Crippen molar-refractivity contribution in [3.05, 3.63) is 11.6 Å². The molecule has 0 aromatic carbocycles. The molecule has 2 nitrogen and oxygen atoms in total. The summed E-state index contributed by atoms with van der Waals surface area (Å²) >= 11 is 0. The average Bonchev–Trinajstić information content (AvgIpc) is 3.44. The van der Waals surface area contributed by atoms with Crippen molar-refractivity contribution in [3.63, 3.8) is 0 Å². The maximum atomic E-state index is 12.8. The molecule has 21 heavy (non-hydrogen) atoms. The molecule has 4 aliphatic rings. The van der Waals surface area contributed by atoms with Gasteiger partial charge in [-0.1, -0.05) is 24.8 Å². The van der Waals surface area contributed by atoms with Crippen molar-refractivity contribution < 1.29 is 4.79 Å². The Balaban J connectivity index is 1.45.